The van der Waals surface area contributed by atoms with Crippen LogP contribution >= 0.6 is 0 Å². The molecule has 0 spiro atoms. The van der Waals surface area contributed by atoms with Crippen molar-refractivity contribution >= 4 is 17.8 Å². The summed E-state index contributed by atoms with van der Waals surface area (Å²) < 4.78 is 5.52. The molecule has 6 heteroatoms. The van der Waals surface area contributed by atoms with Crippen LogP contribution in [0.3, 0.4) is 0 Å². The summed E-state index contributed by atoms with van der Waals surface area (Å²) >= 11 is 0. The van der Waals surface area contributed by atoms with E-state index in [0.29, 0.717) is 16.7 Å². The van der Waals surface area contributed by atoms with Crippen LogP contribution in [0.2, 0.25) is 0 Å². The van der Waals surface area contributed by atoms with Gasteiger partial charge >= 0.3 is 5.97 Å². The highest BCUT2D eigenvalue weighted by atomic mass is 16.7. The zero-order valence-electron chi connectivity index (χ0n) is 18.1. The van der Waals surface area contributed by atoms with Gasteiger partial charge < -0.3 is 4.74 Å². The van der Waals surface area contributed by atoms with Crippen molar-refractivity contribution in [3.05, 3.63) is 95.1 Å². The van der Waals surface area contributed by atoms with E-state index in [2.05, 4.69) is 0 Å². The summed E-state index contributed by atoms with van der Waals surface area (Å²) in [6, 6.07) is 21.3. The molecule has 0 fully saturated rings. The Balaban J connectivity index is 1.48. The summed E-state index contributed by atoms with van der Waals surface area (Å²) in [7, 11) is 0. The number of hydrogen-bond donors (Lipinski definition) is 0. The first-order valence-corrected chi connectivity index (χ1v) is 10.3. The first kappa shape index (κ1) is 21.5. The van der Waals surface area contributed by atoms with Gasteiger partial charge in [0, 0.05) is 0 Å². The van der Waals surface area contributed by atoms with E-state index in [4.69, 9.17) is 9.57 Å². The Morgan fingerprint density at radius 2 is 1.31 bits per heavy atom. The van der Waals surface area contributed by atoms with Gasteiger partial charge in [0.25, 0.3) is 11.8 Å². The van der Waals surface area contributed by atoms with Gasteiger partial charge in [0.15, 0.2) is 0 Å². The number of rotatable bonds is 5. The van der Waals surface area contributed by atoms with E-state index in [1.807, 2.05) is 57.2 Å². The maximum absolute atomic E-state index is 12.6. The minimum atomic E-state index is -0.588. The highest BCUT2D eigenvalue weighted by molar-refractivity contribution is 6.20. The Morgan fingerprint density at radius 1 is 0.781 bits per heavy atom. The van der Waals surface area contributed by atoms with Gasteiger partial charge in [0.2, 0.25) is 0 Å². The maximum atomic E-state index is 12.6. The van der Waals surface area contributed by atoms with Crippen molar-refractivity contribution in [3.8, 4) is 11.1 Å². The largest absolute Gasteiger partial charge is 0.456 e. The fourth-order valence-corrected chi connectivity index (χ4v) is 3.45. The Bertz CT molecular complexity index is 1160. The molecule has 0 saturated carbocycles. The number of fused-ring (bicyclic) bond motifs is 1. The standard InChI is InChI=1S/C26H23NO5/c1-26(2,3)32-25(30)22-11-7-4-8-19(22)18-14-12-17(13-15-18)16-31-27-23(28)20-9-5-6-10-21(20)24(27)29/h4-15H,16H2,1-3H3. The number of imide groups is 1. The van der Waals surface area contributed by atoms with Crippen LogP contribution in [0.4, 0.5) is 0 Å². The molecule has 0 atom stereocenters. The zero-order chi connectivity index (χ0) is 22.9. The molecule has 2 amide bonds. The summed E-state index contributed by atoms with van der Waals surface area (Å²) in [6.45, 7) is 5.55. The number of nitrogens with zero attached hydrogens (tertiary/aromatic N) is 1. The maximum Gasteiger partial charge on any atom is 0.339 e. The highest BCUT2D eigenvalue weighted by Gasteiger charge is 2.36. The molecule has 0 N–H and O–H groups in total. The van der Waals surface area contributed by atoms with Crippen LogP contribution in [0.5, 0.6) is 0 Å². The third kappa shape index (κ3) is 4.31. The van der Waals surface area contributed by atoms with Gasteiger partial charge in [0.05, 0.1) is 16.7 Å². The lowest BCUT2D eigenvalue weighted by molar-refractivity contribution is -0.101. The van der Waals surface area contributed by atoms with E-state index in [0.717, 1.165) is 21.8 Å². The topological polar surface area (TPSA) is 72.9 Å². The summed E-state index contributed by atoms with van der Waals surface area (Å²) in [5.41, 5.74) is 2.95. The second-order valence-corrected chi connectivity index (χ2v) is 8.47. The second-order valence-electron chi connectivity index (χ2n) is 8.47. The monoisotopic (exact) mass is 429 g/mol. The molecule has 1 heterocycles. The molecular weight excluding hydrogens is 406 g/mol. The predicted octanol–water partition coefficient (Wildman–Crippen LogP) is 5.04. The average molecular weight is 429 g/mol. The quantitative estimate of drug-likeness (QED) is 0.420. The lowest BCUT2D eigenvalue weighted by atomic mass is 9.98. The number of benzene rings is 3. The second kappa shape index (κ2) is 8.40. The normalized spacial score (nSPS) is 13.3. The third-order valence-corrected chi connectivity index (χ3v) is 4.93. The molecular formula is C26H23NO5. The SMILES string of the molecule is CC(C)(C)OC(=O)c1ccccc1-c1ccc(CON2C(=O)c3ccccc3C2=O)cc1. The minimum Gasteiger partial charge on any atom is -0.456 e. The molecule has 0 bridgehead atoms. The van der Waals surface area contributed by atoms with Crippen LogP contribution in [-0.2, 0) is 16.2 Å². The molecule has 32 heavy (non-hydrogen) atoms. The van der Waals surface area contributed by atoms with E-state index in [-0.39, 0.29) is 12.6 Å². The smallest absolute Gasteiger partial charge is 0.339 e. The summed E-state index contributed by atoms with van der Waals surface area (Å²) in [6.07, 6.45) is 0. The first-order chi connectivity index (χ1) is 15.2. The molecule has 0 aromatic heterocycles. The number of hydroxylamine groups is 2. The van der Waals surface area contributed by atoms with Crippen LogP contribution in [-0.4, -0.2) is 28.4 Å². The van der Waals surface area contributed by atoms with Gasteiger partial charge in [0.1, 0.15) is 12.2 Å². The first-order valence-electron chi connectivity index (χ1n) is 10.3. The number of carbonyl (C=O) groups is 3. The lowest BCUT2D eigenvalue weighted by Crippen LogP contribution is -2.29. The number of ether oxygens (including phenoxy) is 1. The van der Waals surface area contributed by atoms with Crippen LogP contribution < -0.4 is 0 Å². The average Bonchev–Trinajstić information content (AvgIpc) is 3.01. The number of esters is 1. The molecule has 0 radical (unpaired) electrons. The lowest BCUT2D eigenvalue weighted by Gasteiger charge is -2.20. The van der Waals surface area contributed by atoms with Crippen LogP contribution in [0.25, 0.3) is 11.1 Å². The Hall–Kier alpha value is -3.77. The Labute approximate surface area is 186 Å². The molecule has 162 valence electrons. The molecule has 6 nitrogen and oxygen atoms in total. The van der Waals surface area contributed by atoms with Crippen molar-refractivity contribution in [2.24, 2.45) is 0 Å². The summed E-state index contributed by atoms with van der Waals surface area (Å²) in [4.78, 5) is 42.9. The van der Waals surface area contributed by atoms with E-state index in [9.17, 15) is 14.4 Å². The number of amides is 2. The van der Waals surface area contributed by atoms with E-state index < -0.39 is 17.4 Å². The molecule has 3 aromatic carbocycles. The van der Waals surface area contributed by atoms with Gasteiger partial charge in [-0.3, -0.25) is 14.4 Å². The number of carbonyl (C=O) groups excluding carboxylic acids is 3. The van der Waals surface area contributed by atoms with Crippen molar-refractivity contribution < 1.29 is 24.0 Å². The molecule has 4 rings (SSSR count). The summed E-state index contributed by atoms with van der Waals surface area (Å²) in [5.74, 6) is -1.31. The van der Waals surface area contributed by atoms with Crippen molar-refractivity contribution in [3.63, 3.8) is 0 Å². The van der Waals surface area contributed by atoms with Crippen molar-refractivity contribution in [2.75, 3.05) is 0 Å². The summed E-state index contributed by atoms with van der Waals surface area (Å²) in [5, 5.41) is 0.802. The third-order valence-electron chi connectivity index (χ3n) is 4.93. The molecule has 0 saturated heterocycles. The zero-order valence-corrected chi connectivity index (χ0v) is 18.1. The molecule has 0 unspecified atom stereocenters. The molecule has 3 aromatic rings. The van der Waals surface area contributed by atoms with E-state index >= 15 is 0 Å². The van der Waals surface area contributed by atoms with Gasteiger partial charge in [-0.2, -0.15) is 0 Å². The van der Waals surface area contributed by atoms with Crippen molar-refractivity contribution in [1.29, 1.82) is 0 Å². The van der Waals surface area contributed by atoms with Gasteiger partial charge in [-0.1, -0.05) is 54.6 Å². The van der Waals surface area contributed by atoms with Gasteiger partial charge in [-0.05, 0) is 55.7 Å². The Kier molecular flexibility index (Phi) is 5.63. The van der Waals surface area contributed by atoms with E-state index in [1.54, 1.807) is 36.4 Å². The van der Waals surface area contributed by atoms with Crippen molar-refractivity contribution in [1.82, 2.24) is 5.06 Å². The van der Waals surface area contributed by atoms with Crippen LogP contribution in [0, 0.1) is 0 Å². The molecule has 1 aliphatic heterocycles. The predicted molar refractivity (Wildman–Crippen MR) is 119 cm³/mol. The molecule has 0 aliphatic carbocycles. The fourth-order valence-electron chi connectivity index (χ4n) is 3.45. The minimum absolute atomic E-state index is 0.0550. The van der Waals surface area contributed by atoms with Crippen LogP contribution in [0.15, 0.2) is 72.8 Å². The van der Waals surface area contributed by atoms with E-state index in [1.165, 1.54) is 0 Å². The fraction of sp³-hybridized carbons (Fsp3) is 0.192. The van der Waals surface area contributed by atoms with Gasteiger partial charge in [-0.25, -0.2) is 4.79 Å². The van der Waals surface area contributed by atoms with Crippen LogP contribution in [0.1, 0.15) is 57.4 Å². The Morgan fingerprint density at radius 3 is 1.88 bits per heavy atom. The van der Waals surface area contributed by atoms with Crippen molar-refractivity contribution in [2.45, 2.75) is 33.0 Å². The highest BCUT2D eigenvalue weighted by Crippen LogP contribution is 2.27. The van der Waals surface area contributed by atoms with Gasteiger partial charge in [-0.15, -0.1) is 5.06 Å². The molecule has 1 aliphatic rings. The number of hydrogen-bond acceptors (Lipinski definition) is 5.